The molecule has 0 aliphatic carbocycles. The average molecular weight is 206 g/mol. The number of nitrogens with two attached hydrogens (primary N) is 1. The molecule has 0 saturated carbocycles. The Kier molecular flexibility index (Phi) is 4.63. The van der Waals surface area contributed by atoms with E-state index in [1.54, 1.807) is 0 Å². The molecule has 0 aliphatic heterocycles. The maximum absolute atomic E-state index is 5.82. The van der Waals surface area contributed by atoms with Gasteiger partial charge in [-0.1, -0.05) is 19.1 Å². The fourth-order valence-corrected chi connectivity index (χ4v) is 1.73. The van der Waals surface area contributed by atoms with E-state index in [2.05, 4.69) is 43.0 Å². The smallest absolute Gasteiger partial charge is 0.0366 e. The van der Waals surface area contributed by atoms with Crippen molar-refractivity contribution in [1.29, 1.82) is 0 Å². The summed E-state index contributed by atoms with van der Waals surface area (Å²) in [7, 11) is 0. The molecule has 0 radical (unpaired) electrons. The summed E-state index contributed by atoms with van der Waals surface area (Å²) in [6, 6.07) is 8.70. The molecule has 0 heterocycles. The second kappa shape index (κ2) is 5.76. The van der Waals surface area contributed by atoms with Gasteiger partial charge in [0.05, 0.1) is 0 Å². The maximum Gasteiger partial charge on any atom is 0.0366 e. The van der Waals surface area contributed by atoms with Crippen molar-refractivity contribution >= 4 is 5.69 Å². The Hall–Kier alpha value is -1.02. The molecular formula is C13H22N2. The highest BCUT2D eigenvalue weighted by atomic mass is 15.1. The Morgan fingerprint density at radius 1 is 1.20 bits per heavy atom. The number of hydrogen-bond acceptors (Lipinski definition) is 2. The molecule has 0 fully saturated rings. The summed E-state index contributed by atoms with van der Waals surface area (Å²) in [5.41, 5.74) is 8.31. The lowest BCUT2D eigenvalue weighted by Gasteiger charge is -2.22. The van der Waals surface area contributed by atoms with Gasteiger partial charge in [0.2, 0.25) is 0 Å². The van der Waals surface area contributed by atoms with Gasteiger partial charge in [0.1, 0.15) is 0 Å². The van der Waals surface area contributed by atoms with Crippen LogP contribution < -0.4 is 10.6 Å². The molecule has 0 aromatic heterocycles. The minimum Gasteiger partial charge on any atom is -0.372 e. The van der Waals surface area contributed by atoms with Crippen molar-refractivity contribution in [1.82, 2.24) is 0 Å². The van der Waals surface area contributed by atoms with Crippen LogP contribution in [0.3, 0.4) is 0 Å². The first-order valence-corrected chi connectivity index (χ1v) is 5.79. The molecule has 2 nitrogen and oxygen atoms in total. The highest BCUT2D eigenvalue weighted by Gasteiger charge is 2.03. The molecule has 2 N–H and O–H groups in total. The second-order valence-corrected chi connectivity index (χ2v) is 3.96. The summed E-state index contributed by atoms with van der Waals surface area (Å²) >= 11 is 0. The number of rotatable bonds is 5. The zero-order chi connectivity index (χ0) is 11.3. The molecule has 0 aliphatic rings. The van der Waals surface area contributed by atoms with Crippen LogP contribution in [-0.4, -0.2) is 13.1 Å². The third kappa shape index (κ3) is 3.24. The van der Waals surface area contributed by atoms with Gasteiger partial charge in [-0.25, -0.2) is 0 Å². The van der Waals surface area contributed by atoms with Crippen LogP contribution in [0.2, 0.25) is 0 Å². The topological polar surface area (TPSA) is 29.3 Å². The molecule has 0 unspecified atom stereocenters. The van der Waals surface area contributed by atoms with E-state index >= 15 is 0 Å². The van der Waals surface area contributed by atoms with Crippen LogP contribution in [0.4, 0.5) is 5.69 Å². The first-order valence-electron chi connectivity index (χ1n) is 5.79. The monoisotopic (exact) mass is 206 g/mol. The first-order chi connectivity index (χ1) is 7.19. The molecule has 1 atom stereocenters. The molecule has 15 heavy (non-hydrogen) atoms. The highest BCUT2D eigenvalue weighted by Crippen LogP contribution is 2.18. The average Bonchev–Trinajstić information content (AvgIpc) is 2.26. The van der Waals surface area contributed by atoms with E-state index in [1.807, 2.05) is 6.92 Å². The van der Waals surface area contributed by atoms with Crippen molar-refractivity contribution in [3.05, 3.63) is 29.8 Å². The van der Waals surface area contributed by atoms with Crippen molar-refractivity contribution < 1.29 is 0 Å². The van der Waals surface area contributed by atoms with E-state index in [4.69, 9.17) is 5.73 Å². The van der Waals surface area contributed by atoms with Gasteiger partial charge in [-0.3, -0.25) is 0 Å². The Balaban J connectivity index is 2.77. The Morgan fingerprint density at radius 3 is 2.20 bits per heavy atom. The molecule has 0 saturated heterocycles. The van der Waals surface area contributed by atoms with Gasteiger partial charge in [0.15, 0.2) is 0 Å². The summed E-state index contributed by atoms with van der Waals surface area (Å²) < 4.78 is 0. The van der Waals surface area contributed by atoms with Crippen LogP contribution in [0.5, 0.6) is 0 Å². The van der Waals surface area contributed by atoms with Crippen LogP contribution in [-0.2, 0) is 0 Å². The predicted molar refractivity (Wildman–Crippen MR) is 67.2 cm³/mol. The fourth-order valence-electron chi connectivity index (χ4n) is 1.73. The molecule has 0 bridgehead atoms. The minimum atomic E-state index is 0.125. The van der Waals surface area contributed by atoms with E-state index in [9.17, 15) is 0 Å². The fraction of sp³-hybridized carbons (Fsp3) is 0.538. The number of anilines is 1. The largest absolute Gasteiger partial charge is 0.372 e. The zero-order valence-electron chi connectivity index (χ0n) is 10.0. The van der Waals surface area contributed by atoms with Crippen molar-refractivity contribution in [2.24, 2.45) is 5.73 Å². The Labute approximate surface area is 93.1 Å². The normalized spacial score (nSPS) is 12.5. The lowest BCUT2D eigenvalue weighted by Crippen LogP contribution is -2.23. The standard InChI is InChI=1S/C13H22N2/c1-4-10-15(5-2)13-8-6-12(7-9-13)11(3)14/h6-9,11H,4-5,10,14H2,1-3H3/t11-/m0/s1. The van der Waals surface area contributed by atoms with E-state index in [0.717, 1.165) is 13.1 Å². The van der Waals surface area contributed by atoms with Crippen LogP contribution in [0, 0.1) is 0 Å². The van der Waals surface area contributed by atoms with E-state index < -0.39 is 0 Å². The molecular weight excluding hydrogens is 184 g/mol. The second-order valence-electron chi connectivity index (χ2n) is 3.96. The zero-order valence-corrected chi connectivity index (χ0v) is 10.0. The third-order valence-corrected chi connectivity index (χ3v) is 2.66. The number of hydrogen-bond donors (Lipinski definition) is 1. The van der Waals surface area contributed by atoms with Crippen molar-refractivity contribution in [3.63, 3.8) is 0 Å². The molecule has 1 aromatic carbocycles. The van der Waals surface area contributed by atoms with Crippen molar-refractivity contribution in [2.45, 2.75) is 33.2 Å². The van der Waals surface area contributed by atoms with Crippen LogP contribution in [0.15, 0.2) is 24.3 Å². The van der Waals surface area contributed by atoms with E-state index in [-0.39, 0.29) is 6.04 Å². The van der Waals surface area contributed by atoms with Crippen molar-refractivity contribution in [2.75, 3.05) is 18.0 Å². The van der Waals surface area contributed by atoms with Crippen LogP contribution >= 0.6 is 0 Å². The minimum absolute atomic E-state index is 0.125. The van der Waals surface area contributed by atoms with Gasteiger partial charge in [0, 0.05) is 24.8 Å². The third-order valence-electron chi connectivity index (χ3n) is 2.66. The highest BCUT2D eigenvalue weighted by molar-refractivity contribution is 5.47. The quantitative estimate of drug-likeness (QED) is 0.802. The molecule has 0 spiro atoms. The SMILES string of the molecule is CCCN(CC)c1ccc([C@H](C)N)cc1. The van der Waals surface area contributed by atoms with E-state index in [0.29, 0.717) is 0 Å². The van der Waals surface area contributed by atoms with Gasteiger partial charge in [-0.15, -0.1) is 0 Å². The Morgan fingerprint density at radius 2 is 1.80 bits per heavy atom. The van der Waals surface area contributed by atoms with Gasteiger partial charge in [0.25, 0.3) is 0 Å². The lowest BCUT2D eigenvalue weighted by atomic mass is 10.1. The predicted octanol–water partition coefficient (Wildman–Crippen LogP) is 2.94. The summed E-state index contributed by atoms with van der Waals surface area (Å²) in [5.74, 6) is 0. The van der Waals surface area contributed by atoms with Gasteiger partial charge >= 0.3 is 0 Å². The first kappa shape index (κ1) is 12.1. The van der Waals surface area contributed by atoms with Crippen LogP contribution in [0.1, 0.15) is 38.8 Å². The Bertz CT molecular complexity index is 277. The van der Waals surface area contributed by atoms with Gasteiger partial charge < -0.3 is 10.6 Å². The molecule has 84 valence electrons. The van der Waals surface area contributed by atoms with Gasteiger partial charge in [-0.2, -0.15) is 0 Å². The summed E-state index contributed by atoms with van der Waals surface area (Å²) in [6.45, 7) is 8.59. The molecule has 0 amide bonds. The molecule has 1 aromatic rings. The number of benzene rings is 1. The number of nitrogens with zero attached hydrogens (tertiary/aromatic N) is 1. The van der Waals surface area contributed by atoms with Gasteiger partial charge in [-0.05, 0) is 38.0 Å². The maximum atomic E-state index is 5.82. The molecule has 2 heteroatoms. The van der Waals surface area contributed by atoms with E-state index in [1.165, 1.54) is 17.7 Å². The van der Waals surface area contributed by atoms with Crippen LogP contribution in [0.25, 0.3) is 0 Å². The molecule has 1 rings (SSSR count). The van der Waals surface area contributed by atoms with Crippen molar-refractivity contribution in [3.8, 4) is 0 Å². The summed E-state index contributed by atoms with van der Waals surface area (Å²) in [5, 5.41) is 0. The summed E-state index contributed by atoms with van der Waals surface area (Å²) in [4.78, 5) is 2.38. The summed E-state index contributed by atoms with van der Waals surface area (Å²) in [6.07, 6.45) is 1.18. The lowest BCUT2D eigenvalue weighted by molar-refractivity contribution is 0.788.